The molecule has 1 heterocycles. The minimum absolute atomic E-state index is 0.0174. The first-order valence-electron chi connectivity index (χ1n) is 13.1. The monoisotopic (exact) mass is 566 g/mol. The summed E-state index contributed by atoms with van der Waals surface area (Å²) in [5.74, 6) is 1.23. The first-order chi connectivity index (χ1) is 19.1. The minimum Gasteiger partial charge on any atom is -0.493 e. The predicted octanol–water partition coefficient (Wildman–Crippen LogP) is 4.72. The van der Waals surface area contributed by atoms with E-state index in [9.17, 15) is 28.1 Å². The van der Waals surface area contributed by atoms with Crippen molar-refractivity contribution in [2.24, 2.45) is 0 Å². The van der Waals surface area contributed by atoms with E-state index in [1.54, 1.807) is 19.1 Å². The normalized spacial score (nSPS) is 19.7. The molecular formula is C27H33F3N4O6. The zero-order valence-electron chi connectivity index (χ0n) is 22.4. The number of methoxy groups -OCH3 is 2. The summed E-state index contributed by atoms with van der Waals surface area (Å²) in [5, 5.41) is 14.0. The van der Waals surface area contributed by atoms with E-state index in [4.69, 9.17) is 14.2 Å². The third kappa shape index (κ3) is 7.06. The molecule has 2 fully saturated rings. The Bertz CT molecular complexity index is 1200. The van der Waals surface area contributed by atoms with Gasteiger partial charge in [-0.25, -0.2) is 0 Å². The summed E-state index contributed by atoms with van der Waals surface area (Å²) in [6, 6.07) is 8.59. The number of hydrogen-bond acceptors (Lipinski definition) is 8. The second-order valence-electron chi connectivity index (χ2n) is 9.82. The molecule has 0 aromatic heterocycles. The van der Waals surface area contributed by atoms with Crippen LogP contribution in [0.1, 0.15) is 31.2 Å². The van der Waals surface area contributed by atoms with Gasteiger partial charge in [-0.05, 0) is 49.9 Å². The van der Waals surface area contributed by atoms with E-state index in [0.717, 1.165) is 17.8 Å². The summed E-state index contributed by atoms with van der Waals surface area (Å²) < 4.78 is 56.3. The number of nitro benzene ring substituents is 1. The molecule has 1 saturated carbocycles. The Kier molecular flexibility index (Phi) is 9.23. The number of nitro groups is 1. The van der Waals surface area contributed by atoms with E-state index < -0.39 is 22.4 Å². The number of carbonyl (C=O) groups is 1. The number of nitrogens with zero attached hydrogens (tertiary/aromatic N) is 3. The molecule has 40 heavy (non-hydrogen) atoms. The van der Waals surface area contributed by atoms with E-state index in [0.29, 0.717) is 63.4 Å². The maximum Gasteiger partial charge on any atom is 0.423 e. The van der Waals surface area contributed by atoms with Gasteiger partial charge in [0.15, 0.2) is 11.5 Å². The van der Waals surface area contributed by atoms with Crippen molar-refractivity contribution in [1.82, 2.24) is 4.90 Å². The average Bonchev–Trinajstić information content (AvgIpc) is 2.95. The lowest BCUT2D eigenvalue weighted by atomic mass is 9.92. The van der Waals surface area contributed by atoms with Crippen molar-refractivity contribution in [2.75, 3.05) is 57.2 Å². The number of hydrogen-bond donors (Lipinski definition) is 1. The number of amides is 1. The third-order valence-corrected chi connectivity index (χ3v) is 7.35. The molecule has 13 heteroatoms. The number of ether oxygens (including phenoxy) is 3. The Labute approximate surface area is 230 Å². The van der Waals surface area contributed by atoms with E-state index in [1.165, 1.54) is 6.07 Å². The molecule has 0 atom stereocenters. The number of carbonyl (C=O) groups excluding carboxylic acids is 1. The summed E-state index contributed by atoms with van der Waals surface area (Å²) in [6.07, 6.45) is -2.36. The molecule has 2 aliphatic rings. The second kappa shape index (κ2) is 12.6. The van der Waals surface area contributed by atoms with Crippen LogP contribution in [0.15, 0.2) is 36.4 Å². The van der Waals surface area contributed by atoms with Gasteiger partial charge in [-0.15, -0.1) is 0 Å². The van der Waals surface area contributed by atoms with Crippen molar-refractivity contribution in [1.29, 1.82) is 0 Å². The van der Waals surface area contributed by atoms with Crippen molar-refractivity contribution in [3.05, 3.63) is 52.1 Å². The number of rotatable bonds is 9. The summed E-state index contributed by atoms with van der Waals surface area (Å²) in [6.45, 7) is 2.48. The van der Waals surface area contributed by atoms with Gasteiger partial charge in [-0.2, -0.15) is 13.2 Å². The zero-order chi connectivity index (χ0) is 28.9. The van der Waals surface area contributed by atoms with Crippen LogP contribution in [0.3, 0.4) is 0 Å². The Morgan fingerprint density at radius 1 is 1.00 bits per heavy atom. The lowest BCUT2D eigenvalue weighted by Gasteiger charge is -2.36. The van der Waals surface area contributed by atoms with Gasteiger partial charge in [0.25, 0.3) is 5.69 Å². The van der Waals surface area contributed by atoms with Crippen LogP contribution in [-0.2, 0) is 15.7 Å². The van der Waals surface area contributed by atoms with E-state index in [2.05, 4.69) is 10.2 Å². The van der Waals surface area contributed by atoms with Crippen molar-refractivity contribution < 1.29 is 37.1 Å². The van der Waals surface area contributed by atoms with Gasteiger partial charge in [-0.1, -0.05) is 0 Å². The first kappa shape index (κ1) is 29.2. The van der Waals surface area contributed by atoms with Gasteiger partial charge in [0.1, 0.15) is 12.2 Å². The molecule has 1 saturated heterocycles. The molecule has 1 aliphatic heterocycles. The highest BCUT2D eigenvalue weighted by atomic mass is 19.4. The second-order valence-corrected chi connectivity index (χ2v) is 9.82. The maximum atomic E-state index is 13.3. The van der Waals surface area contributed by atoms with Crippen LogP contribution >= 0.6 is 0 Å². The summed E-state index contributed by atoms with van der Waals surface area (Å²) in [7, 11) is 3.18. The van der Waals surface area contributed by atoms with E-state index in [1.807, 2.05) is 18.2 Å². The molecule has 0 spiro atoms. The number of alkyl halides is 3. The molecule has 1 N–H and O–H groups in total. The number of halogens is 3. The first-order valence-corrected chi connectivity index (χ1v) is 13.1. The number of nitrogens with one attached hydrogen (secondary N) is 1. The van der Waals surface area contributed by atoms with Crippen LogP contribution in [0.4, 0.5) is 30.2 Å². The molecular weight excluding hydrogens is 533 g/mol. The summed E-state index contributed by atoms with van der Waals surface area (Å²) in [4.78, 5) is 26.7. The van der Waals surface area contributed by atoms with Gasteiger partial charge in [0.05, 0.1) is 25.2 Å². The smallest absolute Gasteiger partial charge is 0.423 e. The van der Waals surface area contributed by atoms with Crippen molar-refractivity contribution in [2.45, 2.75) is 44.0 Å². The third-order valence-electron chi connectivity index (χ3n) is 7.35. The lowest BCUT2D eigenvalue weighted by molar-refractivity contribution is -0.388. The molecule has 218 valence electrons. The Balaban J connectivity index is 1.20. The number of benzene rings is 2. The van der Waals surface area contributed by atoms with Crippen LogP contribution in [-0.4, -0.2) is 74.9 Å². The molecule has 1 aliphatic carbocycles. The summed E-state index contributed by atoms with van der Waals surface area (Å²) >= 11 is 0. The van der Waals surface area contributed by atoms with Crippen LogP contribution in [0.2, 0.25) is 0 Å². The molecule has 0 bridgehead atoms. The highest BCUT2D eigenvalue weighted by molar-refractivity contribution is 5.77. The summed E-state index contributed by atoms with van der Waals surface area (Å²) in [5.41, 5.74) is -1.07. The average molecular weight is 567 g/mol. The largest absolute Gasteiger partial charge is 0.493 e. The Morgan fingerprint density at radius 3 is 2.27 bits per heavy atom. The number of anilines is 2. The molecule has 0 radical (unpaired) electrons. The molecule has 1 amide bonds. The van der Waals surface area contributed by atoms with Gasteiger partial charge in [-0.3, -0.25) is 14.9 Å². The van der Waals surface area contributed by atoms with Gasteiger partial charge < -0.3 is 29.3 Å². The Morgan fingerprint density at radius 2 is 1.68 bits per heavy atom. The SMILES string of the molecule is COc1ccc(N2CCN(C(=O)CO[C@H]3CC[C@H](Nc4ccc([N+](=O)[O-])c(C(F)(F)F)c4)CC3)CC2)cc1OC. The Hall–Kier alpha value is -3.74. The fourth-order valence-corrected chi connectivity index (χ4v) is 5.14. The van der Waals surface area contributed by atoms with Gasteiger partial charge in [0.2, 0.25) is 5.91 Å². The topological polar surface area (TPSA) is 106 Å². The van der Waals surface area contributed by atoms with Crippen molar-refractivity contribution in [3.8, 4) is 11.5 Å². The van der Waals surface area contributed by atoms with Gasteiger partial charge in [0, 0.05) is 55.7 Å². The predicted molar refractivity (Wildman–Crippen MR) is 142 cm³/mol. The maximum absolute atomic E-state index is 13.3. The quantitative estimate of drug-likeness (QED) is 0.343. The molecule has 10 nitrogen and oxygen atoms in total. The van der Waals surface area contributed by atoms with E-state index >= 15 is 0 Å². The van der Waals surface area contributed by atoms with Crippen LogP contribution in [0, 0.1) is 10.1 Å². The highest BCUT2D eigenvalue weighted by Crippen LogP contribution is 2.38. The van der Waals surface area contributed by atoms with Crippen LogP contribution in [0.5, 0.6) is 11.5 Å². The highest BCUT2D eigenvalue weighted by Gasteiger charge is 2.38. The van der Waals surface area contributed by atoms with Gasteiger partial charge >= 0.3 is 6.18 Å². The molecule has 0 unspecified atom stereocenters. The fourth-order valence-electron chi connectivity index (χ4n) is 5.14. The molecule has 2 aromatic rings. The van der Waals surface area contributed by atoms with E-state index in [-0.39, 0.29) is 30.3 Å². The van der Waals surface area contributed by atoms with Crippen LogP contribution in [0.25, 0.3) is 0 Å². The minimum atomic E-state index is -4.83. The standard InChI is InChI=1S/C27H33F3N4O6/c1-38-24-10-6-20(16-25(24)39-2)32-11-13-33(14-12-32)26(35)17-40-21-7-3-18(4-8-21)31-19-5-9-23(34(36)37)22(15-19)27(28,29)30/h5-6,9-10,15-16,18,21,31H,3-4,7-8,11-14,17H2,1-2H3/t18-,21-. The van der Waals surface area contributed by atoms with Crippen molar-refractivity contribution in [3.63, 3.8) is 0 Å². The molecule has 4 rings (SSSR count). The van der Waals surface area contributed by atoms with Crippen LogP contribution < -0.4 is 19.7 Å². The zero-order valence-corrected chi connectivity index (χ0v) is 22.4. The molecule has 2 aromatic carbocycles. The van der Waals surface area contributed by atoms with Crippen molar-refractivity contribution >= 4 is 23.0 Å². The number of piperazine rings is 1. The fraction of sp³-hybridized carbons (Fsp3) is 0.519. The lowest BCUT2D eigenvalue weighted by Crippen LogP contribution is -2.50.